The molecule has 0 unspecified atom stereocenters. The third-order valence-electron chi connectivity index (χ3n) is 3.94. The molecule has 0 spiro atoms. The van der Waals surface area contributed by atoms with Gasteiger partial charge in [0.25, 0.3) is 0 Å². The van der Waals surface area contributed by atoms with E-state index in [0.29, 0.717) is 12.8 Å². The van der Waals surface area contributed by atoms with Gasteiger partial charge in [-0.15, -0.1) is 0 Å². The van der Waals surface area contributed by atoms with E-state index in [1.807, 2.05) is 26.0 Å². The van der Waals surface area contributed by atoms with Crippen LogP contribution in [0.2, 0.25) is 0 Å². The zero-order valence-electron chi connectivity index (χ0n) is 13.6. The van der Waals surface area contributed by atoms with E-state index in [9.17, 15) is 13.5 Å². The van der Waals surface area contributed by atoms with Crippen LogP contribution < -0.4 is 4.72 Å². The molecular formula is C16H27NO3S. The molecule has 0 saturated carbocycles. The maximum atomic E-state index is 12.2. The summed E-state index contributed by atoms with van der Waals surface area (Å²) in [5.74, 6) is 0. The van der Waals surface area contributed by atoms with Crippen molar-refractivity contribution in [2.24, 2.45) is 0 Å². The first-order valence-electron chi connectivity index (χ1n) is 7.36. The average molecular weight is 313 g/mol. The predicted molar refractivity (Wildman–Crippen MR) is 85.9 cm³/mol. The molecule has 1 aromatic rings. The van der Waals surface area contributed by atoms with Crippen LogP contribution in [0.5, 0.6) is 0 Å². The van der Waals surface area contributed by atoms with Crippen LogP contribution in [0.15, 0.2) is 29.2 Å². The van der Waals surface area contributed by atoms with Gasteiger partial charge in [-0.25, -0.2) is 13.1 Å². The first-order valence-corrected chi connectivity index (χ1v) is 8.85. The molecule has 0 atom stereocenters. The fourth-order valence-electron chi connectivity index (χ4n) is 1.95. The largest absolute Gasteiger partial charge is 0.389 e. The monoisotopic (exact) mass is 313 g/mol. The Hall–Kier alpha value is -0.910. The van der Waals surface area contributed by atoms with Gasteiger partial charge in [-0.05, 0) is 36.0 Å². The summed E-state index contributed by atoms with van der Waals surface area (Å²) in [5, 5.41) is 10.2. The lowest BCUT2D eigenvalue weighted by Gasteiger charge is -2.25. The van der Waals surface area contributed by atoms with E-state index < -0.39 is 15.6 Å². The highest BCUT2D eigenvalue weighted by atomic mass is 32.2. The molecule has 0 bridgehead atoms. The molecule has 0 amide bonds. The Labute approximate surface area is 128 Å². The van der Waals surface area contributed by atoms with Gasteiger partial charge in [-0.2, -0.15) is 0 Å². The topological polar surface area (TPSA) is 66.4 Å². The van der Waals surface area contributed by atoms with E-state index in [0.717, 1.165) is 5.56 Å². The fourth-order valence-corrected chi connectivity index (χ4v) is 3.07. The number of hydrogen-bond donors (Lipinski definition) is 2. The Morgan fingerprint density at radius 2 is 1.52 bits per heavy atom. The van der Waals surface area contributed by atoms with E-state index >= 15 is 0 Å². The van der Waals surface area contributed by atoms with E-state index in [1.165, 1.54) is 0 Å². The smallest absolute Gasteiger partial charge is 0.240 e. The first kappa shape index (κ1) is 18.1. The molecule has 0 aliphatic heterocycles. The quantitative estimate of drug-likeness (QED) is 0.848. The van der Waals surface area contributed by atoms with Gasteiger partial charge in [-0.1, -0.05) is 46.8 Å². The Kier molecular flexibility index (Phi) is 5.58. The highest BCUT2D eigenvalue weighted by Gasteiger charge is 2.25. The van der Waals surface area contributed by atoms with Crippen LogP contribution in [-0.2, 0) is 15.4 Å². The Morgan fingerprint density at radius 1 is 1.05 bits per heavy atom. The maximum Gasteiger partial charge on any atom is 0.240 e. The van der Waals surface area contributed by atoms with Crippen LogP contribution in [0.25, 0.3) is 0 Å². The van der Waals surface area contributed by atoms with Gasteiger partial charge < -0.3 is 5.11 Å². The minimum absolute atomic E-state index is 0.0135. The molecular weight excluding hydrogens is 286 g/mol. The van der Waals surface area contributed by atoms with Gasteiger partial charge in [0.1, 0.15) is 0 Å². The molecule has 0 radical (unpaired) electrons. The van der Waals surface area contributed by atoms with Gasteiger partial charge >= 0.3 is 0 Å². The number of rotatable bonds is 6. The second kappa shape index (κ2) is 6.46. The minimum atomic E-state index is -3.59. The van der Waals surface area contributed by atoms with Gasteiger partial charge in [0.05, 0.1) is 10.5 Å². The summed E-state index contributed by atoms with van der Waals surface area (Å²) in [5.41, 5.74) is 0.0822. The molecule has 4 nitrogen and oxygen atoms in total. The van der Waals surface area contributed by atoms with Crippen LogP contribution in [0.1, 0.15) is 53.0 Å². The zero-order chi connectivity index (χ0) is 16.3. The molecule has 0 aromatic heterocycles. The van der Waals surface area contributed by atoms with Gasteiger partial charge in [0.15, 0.2) is 0 Å². The second-order valence-corrected chi connectivity index (χ2v) is 8.30. The van der Waals surface area contributed by atoms with Gasteiger partial charge in [-0.3, -0.25) is 0 Å². The Morgan fingerprint density at radius 3 is 1.90 bits per heavy atom. The molecule has 0 heterocycles. The third kappa shape index (κ3) is 4.80. The van der Waals surface area contributed by atoms with Crippen LogP contribution in [0.4, 0.5) is 0 Å². The summed E-state index contributed by atoms with van der Waals surface area (Å²) in [6, 6.07) is 6.89. The highest BCUT2D eigenvalue weighted by molar-refractivity contribution is 7.89. The van der Waals surface area contributed by atoms with Gasteiger partial charge in [0.2, 0.25) is 10.0 Å². The molecule has 0 aliphatic rings. The SMILES string of the molecule is CCC(O)(CC)CNS(=O)(=O)c1ccc(C(C)(C)C)cc1. The van der Waals surface area contributed by atoms with Crippen molar-refractivity contribution < 1.29 is 13.5 Å². The lowest BCUT2D eigenvalue weighted by molar-refractivity contribution is 0.0377. The van der Waals surface area contributed by atoms with Crippen molar-refractivity contribution in [1.82, 2.24) is 4.72 Å². The maximum absolute atomic E-state index is 12.2. The second-order valence-electron chi connectivity index (χ2n) is 6.53. The molecule has 1 aromatic carbocycles. The van der Waals surface area contributed by atoms with Gasteiger partial charge in [0, 0.05) is 6.54 Å². The lowest BCUT2D eigenvalue weighted by Crippen LogP contribution is -2.41. The molecule has 1 rings (SSSR count). The van der Waals surface area contributed by atoms with E-state index in [4.69, 9.17) is 0 Å². The van der Waals surface area contributed by atoms with Crippen LogP contribution in [0.3, 0.4) is 0 Å². The van der Waals surface area contributed by atoms with Crippen LogP contribution >= 0.6 is 0 Å². The minimum Gasteiger partial charge on any atom is -0.389 e. The molecule has 0 fully saturated rings. The van der Waals surface area contributed by atoms with Crippen molar-refractivity contribution in [2.75, 3.05) is 6.54 Å². The molecule has 0 saturated heterocycles. The lowest BCUT2D eigenvalue weighted by atomic mass is 9.87. The number of sulfonamides is 1. The van der Waals surface area contributed by atoms with Crippen molar-refractivity contribution in [3.8, 4) is 0 Å². The molecule has 0 aliphatic carbocycles. The number of aliphatic hydroxyl groups is 1. The summed E-state index contributed by atoms with van der Waals surface area (Å²) in [6.45, 7) is 9.96. The van der Waals surface area contributed by atoms with Crippen molar-refractivity contribution in [3.05, 3.63) is 29.8 Å². The number of benzene rings is 1. The van der Waals surface area contributed by atoms with Crippen molar-refractivity contribution in [1.29, 1.82) is 0 Å². The normalized spacial score (nSPS) is 13.4. The Balaban J connectivity index is 2.89. The highest BCUT2D eigenvalue weighted by Crippen LogP contribution is 2.23. The Bertz CT molecular complexity index is 552. The van der Waals surface area contributed by atoms with Crippen molar-refractivity contribution in [3.63, 3.8) is 0 Å². The first-order chi connectivity index (χ1) is 9.54. The van der Waals surface area contributed by atoms with E-state index in [-0.39, 0.29) is 16.9 Å². The number of hydrogen-bond acceptors (Lipinski definition) is 3. The fraction of sp³-hybridized carbons (Fsp3) is 0.625. The molecule has 21 heavy (non-hydrogen) atoms. The van der Waals surface area contributed by atoms with Crippen LogP contribution in [0, 0.1) is 0 Å². The van der Waals surface area contributed by atoms with Crippen molar-refractivity contribution >= 4 is 10.0 Å². The summed E-state index contributed by atoms with van der Waals surface area (Å²) >= 11 is 0. The van der Waals surface area contributed by atoms with Crippen molar-refractivity contribution in [2.45, 2.75) is 63.4 Å². The number of nitrogens with one attached hydrogen (secondary N) is 1. The average Bonchev–Trinajstić information content (AvgIpc) is 2.44. The third-order valence-corrected chi connectivity index (χ3v) is 5.36. The zero-order valence-corrected chi connectivity index (χ0v) is 14.4. The van der Waals surface area contributed by atoms with E-state index in [1.54, 1.807) is 12.1 Å². The summed E-state index contributed by atoms with van der Waals surface area (Å²) in [7, 11) is -3.59. The predicted octanol–water partition coefficient (Wildman–Crippen LogP) is 2.81. The molecule has 5 heteroatoms. The standard InChI is InChI=1S/C16H27NO3S/c1-6-16(18,7-2)12-17-21(19,20)14-10-8-13(9-11-14)15(3,4)5/h8-11,17-18H,6-7,12H2,1-5H3. The van der Waals surface area contributed by atoms with Crippen LogP contribution in [-0.4, -0.2) is 25.7 Å². The summed E-state index contributed by atoms with van der Waals surface area (Å²) < 4.78 is 27.0. The molecule has 120 valence electrons. The summed E-state index contributed by atoms with van der Waals surface area (Å²) in [4.78, 5) is 0.227. The molecule has 2 N–H and O–H groups in total. The van der Waals surface area contributed by atoms with E-state index in [2.05, 4.69) is 25.5 Å². The summed E-state index contributed by atoms with van der Waals surface area (Å²) in [6.07, 6.45) is 1.02.